The number of aromatic nitrogens is 4. The average Bonchev–Trinajstić information content (AvgIpc) is 2.86. The third-order valence-corrected chi connectivity index (χ3v) is 2.18. The lowest BCUT2D eigenvalue weighted by atomic mass is 10.2. The summed E-state index contributed by atoms with van der Waals surface area (Å²) >= 11 is 0. The van der Waals surface area contributed by atoms with E-state index in [0.717, 1.165) is 11.3 Å². The summed E-state index contributed by atoms with van der Waals surface area (Å²) < 4.78 is 4.86. The van der Waals surface area contributed by atoms with Crippen molar-refractivity contribution in [1.29, 1.82) is 0 Å². The van der Waals surface area contributed by atoms with Crippen molar-refractivity contribution in [3.05, 3.63) is 23.7 Å². The van der Waals surface area contributed by atoms with E-state index in [1.807, 2.05) is 6.92 Å². The molecule has 84 valence electrons. The molecule has 6 heteroatoms. The smallest absolute Gasteiger partial charge is 0.356 e. The number of aromatic amines is 2. The molecule has 0 radical (unpaired) electrons. The van der Waals surface area contributed by atoms with Crippen LogP contribution in [0.25, 0.3) is 11.3 Å². The largest absolute Gasteiger partial charge is 0.461 e. The number of aryl methyl sites for hydroxylation is 1. The number of H-pyrrole nitrogens is 2. The fourth-order valence-corrected chi connectivity index (χ4v) is 1.38. The van der Waals surface area contributed by atoms with Gasteiger partial charge in [-0.15, -0.1) is 0 Å². The van der Waals surface area contributed by atoms with Crippen molar-refractivity contribution in [1.82, 2.24) is 20.4 Å². The van der Waals surface area contributed by atoms with E-state index in [1.54, 1.807) is 19.2 Å². The van der Waals surface area contributed by atoms with Crippen molar-refractivity contribution in [3.8, 4) is 11.3 Å². The van der Waals surface area contributed by atoms with Crippen molar-refractivity contribution in [2.75, 3.05) is 6.61 Å². The maximum atomic E-state index is 11.4. The number of hydrogen-bond donors (Lipinski definition) is 2. The first-order chi connectivity index (χ1) is 7.72. The van der Waals surface area contributed by atoms with Crippen molar-refractivity contribution in [3.63, 3.8) is 0 Å². The number of carbonyl (C=O) groups excluding carboxylic acids is 1. The molecule has 0 spiro atoms. The molecule has 0 aliphatic carbocycles. The lowest BCUT2D eigenvalue weighted by Gasteiger charge is -1.95. The number of nitrogens with zero attached hydrogens (tertiary/aromatic N) is 2. The number of carbonyl (C=O) groups is 1. The van der Waals surface area contributed by atoms with Gasteiger partial charge in [0.1, 0.15) is 5.69 Å². The lowest BCUT2D eigenvalue weighted by molar-refractivity contribution is 0.0519. The van der Waals surface area contributed by atoms with E-state index < -0.39 is 5.97 Å². The Balaban J connectivity index is 2.26. The average molecular weight is 220 g/mol. The molecule has 0 saturated heterocycles. The van der Waals surface area contributed by atoms with Crippen LogP contribution in [0.5, 0.6) is 0 Å². The van der Waals surface area contributed by atoms with Gasteiger partial charge in [-0.3, -0.25) is 10.2 Å². The first-order valence-corrected chi connectivity index (χ1v) is 4.95. The van der Waals surface area contributed by atoms with Gasteiger partial charge < -0.3 is 4.74 Å². The second-order valence-corrected chi connectivity index (χ2v) is 3.30. The molecule has 2 rings (SSSR count). The molecule has 0 atom stereocenters. The minimum atomic E-state index is -0.401. The number of esters is 1. The standard InChI is InChI=1S/C10H12N4O2/c1-3-16-10(15)9-4-8(13-14-9)7-5-11-12-6(7)2/h4-5H,3H2,1-2H3,(H,11,12)(H,13,14). The fourth-order valence-electron chi connectivity index (χ4n) is 1.38. The number of rotatable bonds is 3. The monoisotopic (exact) mass is 220 g/mol. The van der Waals surface area contributed by atoms with Gasteiger partial charge in [0.2, 0.25) is 0 Å². The van der Waals surface area contributed by atoms with Gasteiger partial charge in [-0.2, -0.15) is 10.2 Å². The molecule has 16 heavy (non-hydrogen) atoms. The Morgan fingerprint density at radius 3 is 2.94 bits per heavy atom. The Bertz CT molecular complexity index is 500. The van der Waals surface area contributed by atoms with Crippen LogP contribution >= 0.6 is 0 Å². The summed E-state index contributed by atoms with van der Waals surface area (Å²) in [4.78, 5) is 11.4. The van der Waals surface area contributed by atoms with Crippen LogP contribution in [0, 0.1) is 6.92 Å². The fraction of sp³-hybridized carbons (Fsp3) is 0.300. The molecule has 2 aromatic rings. The Morgan fingerprint density at radius 1 is 1.50 bits per heavy atom. The van der Waals surface area contributed by atoms with Crippen LogP contribution in [0.15, 0.2) is 12.3 Å². The quantitative estimate of drug-likeness (QED) is 0.763. The van der Waals surface area contributed by atoms with E-state index in [9.17, 15) is 4.79 Å². The molecule has 0 unspecified atom stereocenters. The van der Waals surface area contributed by atoms with E-state index in [-0.39, 0.29) is 0 Å². The highest BCUT2D eigenvalue weighted by Gasteiger charge is 2.13. The van der Waals surface area contributed by atoms with Gasteiger partial charge in [0.25, 0.3) is 0 Å². The highest BCUT2D eigenvalue weighted by Crippen LogP contribution is 2.19. The highest BCUT2D eigenvalue weighted by atomic mass is 16.5. The van der Waals surface area contributed by atoms with Crippen molar-refractivity contribution in [2.45, 2.75) is 13.8 Å². The van der Waals surface area contributed by atoms with Gasteiger partial charge in [-0.1, -0.05) is 0 Å². The first-order valence-electron chi connectivity index (χ1n) is 4.95. The topological polar surface area (TPSA) is 83.7 Å². The molecular formula is C10H12N4O2. The molecule has 2 heterocycles. The Morgan fingerprint density at radius 2 is 2.31 bits per heavy atom. The molecule has 0 bridgehead atoms. The van der Waals surface area contributed by atoms with Gasteiger partial charge in [0.15, 0.2) is 0 Å². The second-order valence-electron chi connectivity index (χ2n) is 3.30. The molecule has 0 amide bonds. The van der Waals surface area contributed by atoms with E-state index in [0.29, 0.717) is 18.0 Å². The number of nitrogens with one attached hydrogen (secondary N) is 2. The van der Waals surface area contributed by atoms with Crippen LogP contribution in [0.2, 0.25) is 0 Å². The maximum absolute atomic E-state index is 11.4. The number of ether oxygens (including phenoxy) is 1. The van der Waals surface area contributed by atoms with Crippen LogP contribution in [-0.4, -0.2) is 33.0 Å². The van der Waals surface area contributed by atoms with Crippen LogP contribution < -0.4 is 0 Å². The molecule has 0 aliphatic rings. The van der Waals surface area contributed by atoms with Crippen LogP contribution in [0.4, 0.5) is 0 Å². The highest BCUT2D eigenvalue weighted by molar-refractivity contribution is 5.88. The lowest BCUT2D eigenvalue weighted by Crippen LogP contribution is -2.04. The maximum Gasteiger partial charge on any atom is 0.356 e. The normalized spacial score (nSPS) is 10.4. The summed E-state index contributed by atoms with van der Waals surface area (Å²) in [7, 11) is 0. The second kappa shape index (κ2) is 4.18. The van der Waals surface area contributed by atoms with Gasteiger partial charge in [-0.25, -0.2) is 4.79 Å². The zero-order valence-corrected chi connectivity index (χ0v) is 9.07. The summed E-state index contributed by atoms with van der Waals surface area (Å²) in [5, 5.41) is 13.4. The molecule has 0 fully saturated rings. The molecule has 0 aliphatic heterocycles. The van der Waals surface area contributed by atoms with Crippen molar-refractivity contribution < 1.29 is 9.53 Å². The van der Waals surface area contributed by atoms with Gasteiger partial charge >= 0.3 is 5.97 Å². The van der Waals surface area contributed by atoms with E-state index in [4.69, 9.17) is 4.74 Å². The molecular weight excluding hydrogens is 208 g/mol. The Labute approximate surface area is 92.0 Å². The zero-order valence-electron chi connectivity index (χ0n) is 9.07. The van der Waals surface area contributed by atoms with Crippen molar-refractivity contribution >= 4 is 5.97 Å². The molecule has 0 saturated carbocycles. The van der Waals surface area contributed by atoms with E-state index >= 15 is 0 Å². The minimum absolute atomic E-state index is 0.345. The SMILES string of the molecule is CCOC(=O)c1cc(-c2cn[nH]c2C)n[nH]1. The van der Waals surface area contributed by atoms with Crippen LogP contribution in [0.1, 0.15) is 23.1 Å². The predicted molar refractivity (Wildman–Crippen MR) is 56.9 cm³/mol. The van der Waals surface area contributed by atoms with Gasteiger partial charge in [0, 0.05) is 11.3 Å². The molecule has 2 N–H and O–H groups in total. The molecule has 0 aromatic carbocycles. The summed E-state index contributed by atoms with van der Waals surface area (Å²) in [6.45, 7) is 3.99. The van der Waals surface area contributed by atoms with Crippen LogP contribution in [0.3, 0.4) is 0 Å². The first kappa shape index (κ1) is 10.4. The summed E-state index contributed by atoms with van der Waals surface area (Å²) in [6, 6.07) is 1.65. The summed E-state index contributed by atoms with van der Waals surface area (Å²) in [6.07, 6.45) is 1.67. The van der Waals surface area contributed by atoms with Gasteiger partial charge in [0.05, 0.1) is 18.5 Å². The molecule has 6 nitrogen and oxygen atoms in total. The summed E-state index contributed by atoms with van der Waals surface area (Å²) in [5.41, 5.74) is 2.79. The molecule has 2 aromatic heterocycles. The number of hydrogen-bond acceptors (Lipinski definition) is 4. The minimum Gasteiger partial charge on any atom is -0.461 e. The van der Waals surface area contributed by atoms with Gasteiger partial charge in [-0.05, 0) is 19.9 Å². The van der Waals surface area contributed by atoms with E-state index in [2.05, 4.69) is 20.4 Å². The zero-order chi connectivity index (χ0) is 11.5. The van der Waals surface area contributed by atoms with E-state index in [1.165, 1.54) is 0 Å². The predicted octanol–water partition coefficient (Wildman–Crippen LogP) is 1.28. The van der Waals surface area contributed by atoms with Crippen molar-refractivity contribution in [2.24, 2.45) is 0 Å². The summed E-state index contributed by atoms with van der Waals surface area (Å²) in [5.74, 6) is -0.401. The third-order valence-electron chi connectivity index (χ3n) is 2.18. The van der Waals surface area contributed by atoms with Crippen LogP contribution in [-0.2, 0) is 4.74 Å². The Hall–Kier alpha value is -2.11. The Kier molecular flexibility index (Phi) is 2.72. The third kappa shape index (κ3) is 1.81.